The summed E-state index contributed by atoms with van der Waals surface area (Å²) in [7, 11) is 0.652. The minimum absolute atomic E-state index is 0.652. The zero-order chi connectivity index (χ0) is 5.82. The lowest BCUT2D eigenvalue weighted by Gasteiger charge is -1.83. The highest BCUT2D eigenvalue weighted by Gasteiger charge is 1.85. The Kier molecular flexibility index (Phi) is 2.32. The van der Waals surface area contributed by atoms with Crippen LogP contribution in [-0.2, 0) is 0 Å². The molecule has 2 heteroatoms. The molecule has 1 atom stereocenters. The van der Waals surface area contributed by atoms with Gasteiger partial charge in [0.1, 0.15) is 0 Å². The molecule has 0 aromatic heterocycles. The second-order valence-corrected chi connectivity index (χ2v) is 3.29. The molecule has 42 valence electrons. The Morgan fingerprint density at radius 3 is 3.00 bits per heavy atom. The fraction of sp³-hybridized carbons (Fsp3) is 0. The van der Waals surface area contributed by atoms with Crippen LogP contribution in [0.5, 0.6) is 0 Å². The second-order valence-electron chi connectivity index (χ2n) is 1.40. The molecule has 0 N–H and O–H groups in total. The third-order valence-corrected chi connectivity index (χ3v) is 2.04. The first-order valence-corrected chi connectivity index (χ1v) is 3.80. The van der Waals surface area contributed by atoms with Crippen LogP contribution in [0, 0.1) is 0 Å². The minimum atomic E-state index is 0.652. The Bertz CT molecular complexity index is 156. The van der Waals surface area contributed by atoms with Crippen molar-refractivity contribution in [3.05, 3.63) is 34.9 Å². The summed E-state index contributed by atoms with van der Waals surface area (Å²) in [4.78, 5) is 0. The van der Waals surface area contributed by atoms with Crippen LogP contribution in [0.1, 0.15) is 0 Å². The minimum Gasteiger partial charge on any atom is -0.0838 e. The van der Waals surface area contributed by atoms with Crippen molar-refractivity contribution < 1.29 is 0 Å². The summed E-state index contributed by atoms with van der Waals surface area (Å²) in [5.74, 6) is 2.06. The van der Waals surface area contributed by atoms with Crippen LogP contribution in [0.15, 0.2) is 34.9 Å². The molecular formula is C6H6ClP. The maximum absolute atomic E-state index is 5.69. The van der Waals surface area contributed by atoms with Crippen LogP contribution in [0.3, 0.4) is 0 Å². The van der Waals surface area contributed by atoms with Gasteiger partial charge in [0, 0.05) is 4.77 Å². The molecule has 0 aromatic carbocycles. The van der Waals surface area contributed by atoms with Gasteiger partial charge >= 0.3 is 0 Å². The monoisotopic (exact) mass is 144 g/mol. The number of hydrogen-bond donors (Lipinski definition) is 0. The summed E-state index contributed by atoms with van der Waals surface area (Å²) in [6.45, 7) is 0. The van der Waals surface area contributed by atoms with E-state index in [0.29, 0.717) is 8.58 Å². The van der Waals surface area contributed by atoms with E-state index in [4.69, 9.17) is 11.6 Å². The quantitative estimate of drug-likeness (QED) is 0.459. The SMILES string of the molecule is ClC1=CC=CC=CP1. The normalized spacial score (nSPS) is 20.9. The molecule has 0 bridgehead atoms. The first-order chi connectivity index (χ1) is 3.89. The Morgan fingerprint density at radius 1 is 1.25 bits per heavy atom. The third-order valence-electron chi connectivity index (χ3n) is 0.782. The van der Waals surface area contributed by atoms with Crippen LogP contribution in [-0.4, -0.2) is 0 Å². The van der Waals surface area contributed by atoms with E-state index in [9.17, 15) is 0 Å². The van der Waals surface area contributed by atoms with Crippen molar-refractivity contribution in [3.63, 3.8) is 0 Å². The lowest BCUT2D eigenvalue weighted by Crippen LogP contribution is -1.47. The molecule has 0 nitrogen and oxygen atoms in total. The Hall–Kier alpha value is -0.0600. The summed E-state index contributed by atoms with van der Waals surface area (Å²) in [6.07, 6.45) is 7.84. The molecule has 0 aromatic rings. The van der Waals surface area contributed by atoms with E-state index < -0.39 is 0 Å². The van der Waals surface area contributed by atoms with Gasteiger partial charge in [0.2, 0.25) is 0 Å². The number of halogens is 1. The third kappa shape index (κ3) is 1.81. The van der Waals surface area contributed by atoms with Crippen molar-refractivity contribution in [1.82, 2.24) is 0 Å². The smallest absolute Gasteiger partial charge is 0.0421 e. The second kappa shape index (κ2) is 3.06. The van der Waals surface area contributed by atoms with E-state index in [2.05, 4.69) is 5.82 Å². The van der Waals surface area contributed by atoms with E-state index in [-0.39, 0.29) is 0 Å². The first-order valence-electron chi connectivity index (χ1n) is 2.35. The molecule has 0 amide bonds. The molecule has 0 spiro atoms. The van der Waals surface area contributed by atoms with Gasteiger partial charge in [-0.25, -0.2) is 0 Å². The molecule has 0 aliphatic carbocycles. The average Bonchev–Trinajstić information content (AvgIpc) is 1.94. The van der Waals surface area contributed by atoms with Crippen LogP contribution < -0.4 is 0 Å². The maximum atomic E-state index is 5.69. The lowest BCUT2D eigenvalue weighted by atomic mass is 10.5. The first kappa shape index (κ1) is 6.07. The summed E-state index contributed by atoms with van der Waals surface area (Å²) < 4.78 is 0.926. The lowest BCUT2D eigenvalue weighted by molar-refractivity contribution is 1.97. The Morgan fingerprint density at radius 2 is 2.12 bits per heavy atom. The van der Waals surface area contributed by atoms with Gasteiger partial charge < -0.3 is 0 Å². The highest BCUT2D eigenvalue weighted by molar-refractivity contribution is 7.49. The van der Waals surface area contributed by atoms with Gasteiger partial charge in [-0.2, -0.15) is 0 Å². The van der Waals surface area contributed by atoms with Crippen molar-refractivity contribution in [2.45, 2.75) is 0 Å². The van der Waals surface area contributed by atoms with Crippen molar-refractivity contribution >= 4 is 20.2 Å². The van der Waals surface area contributed by atoms with Gasteiger partial charge in [0.05, 0.1) is 0 Å². The summed E-state index contributed by atoms with van der Waals surface area (Å²) in [5, 5.41) is 0. The van der Waals surface area contributed by atoms with Crippen molar-refractivity contribution in [1.29, 1.82) is 0 Å². The Balaban J connectivity index is 2.69. The molecule has 1 heterocycles. The van der Waals surface area contributed by atoms with Gasteiger partial charge in [-0.15, -0.1) is 0 Å². The fourth-order valence-corrected chi connectivity index (χ4v) is 1.26. The zero-order valence-electron chi connectivity index (χ0n) is 4.26. The average molecular weight is 145 g/mol. The largest absolute Gasteiger partial charge is 0.0838 e. The number of hydrogen-bond acceptors (Lipinski definition) is 0. The molecule has 0 saturated carbocycles. The fourth-order valence-electron chi connectivity index (χ4n) is 0.436. The van der Waals surface area contributed by atoms with Crippen molar-refractivity contribution in [3.8, 4) is 0 Å². The highest BCUT2D eigenvalue weighted by Crippen LogP contribution is 2.29. The highest BCUT2D eigenvalue weighted by atomic mass is 35.5. The number of allylic oxidation sites excluding steroid dienone is 4. The number of rotatable bonds is 0. The summed E-state index contributed by atoms with van der Waals surface area (Å²) >= 11 is 5.69. The molecule has 0 radical (unpaired) electrons. The van der Waals surface area contributed by atoms with E-state index >= 15 is 0 Å². The van der Waals surface area contributed by atoms with E-state index in [1.807, 2.05) is 24.3 Å². The molecule has 1 aliphatic heterocycles. The molecule has 0 saturated heterocycles. The molecular weight excluding hydrogens is 138 g/mol. The van der Waals surface area contributed by atoms with Crippen molar-refractivity contribution in [2.75, 3.05) is 0 Å². The molecule has 0 fully saturated rings. The molecule has 1 aliphatic rings. The van der Waals surface area contributed by atoms with Gasteiger partial charge in [-0.3, -0.25) is 0 Å². The summed E-state index contributed by atoms with van der Waals surface area (Å²) in [6, 6.07) is 0. The van der Waals surface area contributed by atoms with Crippen molar-refractivity contribution in [2.24, 2.45) is 0 Å². The van der Waals surface area contributed by atoms with E-state index in [1.54, 1.807) is 0 Å². The maximum Gasteiger partial charge on any atom is 0.0421 e. The van der Waals surface area contributed by atoms with Gasteiger partial charge in [0.15, 0.2) is 0 Å². The van der Waals surface area contributed by atoms with E-state index in [0.717, 1.165) is 4.77 Å². The summed E-state index contributed by atoms with van der Waals surface area (Å²) in [5.41, 5.74) is 0. The van der Waals surface area contributed by atoms with Gasteiger partial charge in [-0.05, 0) is 6.08 Å². The predicted octanol–water partition coefficient (Wildman–Crippen LogP) is 2.83. The van der Waals surface area contributed by atoms with Crippen LogP contribution in [0.2, 0.25) is 0 Å². The van der Waals surface area contributed by atoms with Crippen LogP contribution in [0.25, 0.3) is 0 Å². The Labute approximate surface area is 55.7 Å². The standard InChI is InChI=1S/C6H6ClP/c7-6-4-2-1-3-5-8-6/h1-5,8H. The zero-order valence-corrected chi connectivity index (χ0v) is 6.02. The molecule has 1 unspecified atom stereocenters. The predicted molar refractivity (Wildman–Crippen MR) is 40.5 cm³/mol. The van der Waals surface area contributed by atoms with Crippen LogP contribution >= 0.6 is 20.2 Å². The molecule has 8 heavy (non-hydrogen) atoms. The topological polar surface area (TPSA) is 0 Å². The van der Waals surface area contributed by atoms with Gasteiger partial charge in [-0.1, -0.05) is 44.2 Å². The van der Waals surface area contributed by atoms with E-state index in [1.165, 1.54) is 0 Å². The molecule has 1 rings (SSSR count). The van der Waals surface area contributed by atoms with Gasteiger partial charge in [0.25, 0.3) is 0 Å². The van der Waals surface area contributed by atoms with Crippen LogP contribution in [0.4, 0.5) is 0 Å².